The highest BCUT2D eigenvalue weighted by Gasteiger charge is 2.32. The summed E-state index contributed by atoms with van der Waals surface area (Å²) in [5, 5.41) is 9.07. The van der Waals surface area contributed by atoms with Crippen LogP contribution in [0.1, 0.15) is 36.0 Å². The molecule has 18 heavy (non-hydrogen) atoms. The molecule has 0 aliphatic heterocycles. The molecule has 1 saturated carbocycles. The van der Waals surface area contributed by atoms with E-state index in [1.54, 1.807) is 12.1 Å². The Balaban J connectivity index is 2.03. The SMILES string of the molecule is O=C(SC1CCCCC1C(=O)O)c1ccccc1. The van der Waals surface area contributed by atoms with E-state index in [0.29, 0.717) is 12.0 Å². The molecule has 1 aliphatic rings. The van der Waals surface area contributed by atoms with Gasteiger partial charge in [-0.15, -0.1) is 0 Å². The fourth-order valence-electron chi connectivity index (χ4n) is 2.30. The van der Waals surface area contributed by atoms with E-state index in [1.165, 1.54) is 11.8 Å². The molecule has 0 aromatic heterocycles. The van der Waals surface area contributed by atoms with Crippen LogP contribution in [-0.2, 0) is 4.79 Å². The second-order valence-corrected chi connectivity index (χ2v) is 5.75. The van der Waals surface area contributed by atoms with Crippen LogP contribution < -0.4 is 0 Å². The Morgan fingerprint density at radius 1 is 1.11 bits per heavy atom. The molecule has 1 aromatic carbocycles. The average molecular weight is 264 g/mol. The van der Waals surface area contributed by atoms with Gasteiger partial charge < -0.3 is 5.11 Å². The van der Waals surface area contributed by atoms with Gasteiger partial charge in [0.1, 0.15) is 0 Å². The summed E-state index contributed by atoms with van der Waals surface area (Å²) in [7, 11) is 0. The fraction of sp³-hybridized carbons (Fsp3) is 0.429. The average Bonchev–Trinajstić information content (AvgIpc) is 2.40. The van der Waals surface area contributed by atoms with E-state index < -0.39 is 5.97 Å². The molecule has 2 atom stereocenters. The number of carbonyl (C=O) groups excluding carboxylic acids is 1. The molecule has 0 bridgehead atoms. The molecule has 96 valence electrons. The minimum atomic E-state index is -0.770. The minimum absolute atomic E-state index is 0.0197. The zero-order chi connectivity index (χ0) is 13.0. The lowest BCUT2D eigenvalue weighted by Crippen LogP contribution is -2.30. The van der Waals surface area contributed by atoms with Crippen LogP contribution >= 0.6 is 11.8 Å². The highest BCUT2D eigenvalue weighted by Crippen LogP contribution is 2.35. The molecule has 2 rings (SSSR count). The molecule has 1 N–H and O–H groups in total. The second-order valence-electron chi connectivity index (χ2n) is 4.54. The summed E-state index contributed by atoms with van der Waals surface area (Å²) in [4.78, 5) is 23.2. The van der Waals surface area contributed by atoms with Crippen LogP contribution in [0.15, 0.2) is 30.3 Å². The normalized spacial score (nSPS) is 23.6. The highest BCUT2D eigenvalue weighted by molar-refractivity contribution is 8.14. The van der Waals surface area contributed by atoms with Crippen LogP contribution in [0.25, 0.3) is 0 Å². The monoisotopic (exact) mass is 264 g/mol. The van der Waals surface area contributed by atoms with Crippen molar-refractivity contribution in [3.8, 4) is 0 Å². The van der Waals surface area contributed by atoms with Gasteiger partial charge in [0, 0.05) is 10.8 Å². The third-order valence-corrected chi connectivity index (χ3v) is 4.60. The lowest BCUT2D eigenvalue weighted by atomic mass is 9.89. The molecule has 0 saturated heterocycles. The van der Waals surface area contributed by atoms with Gasteiger partial charge in [0.05, 0.1) is 5.92 Å². The van der Waals surface area contributed by atoms with Crippen molar-refractivity contribution in [3.63, 3.8) is 0 Å². The first kappa shape index (κ1) is 13.1. The minimum Gasteiger partial charge on any atom is -0.481 e. The van der Waals surface area contributed by atoms with E-state index in [9.17, 15) is 9.59 Å². The van der Waals surface area contributed by atoms with Crippen LogP contribution in [0.4, 0.5) is 0 Å². The van der Waals surface area contributed by atoms with Crippen molar-refractivity contribution >= 4 is 22.8 Å². The molecule has 1 aliphatic carbocycles. The molecular formula is C14H16O3S. The second kappa shape index (κ2) is 6.05. The molecular weight excluding hydrogens is 248 g/mol. The topological polar surface area (TPSA) is 54.4 Å². The van der Waals surface area contributed by atoms with Crippen LogP contribution in [0.3, 0.4) is 0 Å². The van der Waals surface area contributed by atoms with Crippen molar-refractivity contribution < 1.29 is 14.7 Å². The Labute approximate surface area is 111 Å². The number of carbonyl (C=O) groups is 2. The summed E-state index contributed by atoms with van der Waals surface area (Å²) in [6.07, 6.45) is 3.48. The summed E-state index contributed by atoms with van der Waals surface area (Å²) < 4.78 is 0. The molecule has 0 spiro atoms. The fourth-order valence-corrected chi connectivity index (χ4v) is 3.55. The molecule has 0 amide bonds. The standard InChI is InChI=1S/C14H16O3S/c15-13(16)11-8-4-5-9-12(11)18-14(17)10-6-2-1-3-7-10/h1-3,6-7,11-12H,4-5,8-9H2,(H,15,16). The number of rotatable bonds is 3. The van der Waals surface area contributed by atoms with E-state index >= 15 is 0 Å². The summed E-state index contributed by atoms with van der Waals surface area (Å²) in [6, 6.07) is 9.05. The summed E-state index contributed by atoms with van der Waals surface area (Å²) in [5.74, 6) is -1.15. The van der Waals surface area contributed by atoms with Crippen molar-refractivity contribution in [2.45, 2.75) is 30.9 Å². The first-order valence-electron chi connectivity index (χ1n) is 6.17. The Morgan fingerprint density at radius 2 is 1.78 bits per heavy atom. The maximum Gasteiger partial charge on any atom is 0.307 e. The van der Waals surface area contributed by atoms with Gasteiger partial charge in [-0.05, 0) is 12.8 Å². The zero-order valence-corrected chi connectivity index (χ0v) is 10.9. The summed E-state index contributed by atoms with van der Waals surface area (Å²) in [6.45, 7) is 0. The van der Waals surface area contributed by atoms with Gasteiger partial charge in [-0.2, -0.15) is 0 Å². The molecule has 4 heteroatoms. The number of benzene rings is 1. The zero-order valence-electron chi connectivity index (χ0n) is 10.0. The van der Waals surface area contributed by atoms with Crippen molar-refractivity contribution in [3.05, 3.63) is 35.9 Å². The Morgan fingerprint density at radius 3 is 2.44 bits per heavy atom. The van der Waals surface area contributed by atoms with Gasteiger partial charge in [0.2, 0.25) is 5.12 Å². The smallest absolute Gasteiger partial charge is 0.307 e. The maximum atomic E-state index is 12.1. The number of hydrogen-bond acceptors (Lipinski definition) is 3. The van der Waals surface area contributed by atoms with Gasteiger partial charge in [-0.1, -0.05) is 54.9 Å². The van der Waals surface area contributed by atoms with Gasteiger partial charge >= 0.3 is 5.97 Å². The highest BCUT2D eigenvalue weighted by atomic mass is 32.2. The molecule has 1 aromatic rings. The summed E-state index contributed by atoms with van der Waals surface area (Å²) in [5.41, 5.74) is 0.650. The number of aliphatic carboxylic acids is 1. The van der Waals surface area contributed by atoms with Crippen molar-refractivity contribution in [2.24, 2.45) is 5.92 Å². The van der Waals surface area contributed by atoms with Gasteiger partial charge in [0.15, 0.2) is 0 Å². The maximum absolute atomic E-state index is 12.1. The Hall–Kier alpha value is -1.29. The first-order chi connectivity index (χ1) is 8.68. The van der Waals surface area contributed by atoms with Gasteiger partial charge in [-0.3, -0.25) is 9.59 Å². The van der Waals surface area contributed by atoms with Crippen LogP contribution in [0.5, 0.6) is 0 Å². The molecule has 0 radical (unpaired) electrons. The van der Waals surface area contributed by atoms with Gasteiger partial charge in [-0.25, -0.2) is 0 Å². The van der Waals surface area contributed by atoms with E-state index in [4.69, 9.17) is 5.11 Å². The van der Waals surface area contributed by atoms with E-state index in [2.05, 4.69) is 0 Å². The first-order valence-corrected chi connectivity index (χ1v) is 7.05. The molecule has 0 heterocycles. The third kappa shape index (κ3) is 3.13. The predicted octanol–water partition coefficient (Wildman–Crippen LogP) is 3.20. The largest absolute Gasteiger partial charge is 0.481 e. The Bertz CT molecular complexity index is 430. The number of thioether (sulfide) groups is 1. The summed E-state index contributed by atoms with van der Waals surface area (Å²) >= 11 is 1.19. The number of carboxylic acid groups (broad SMARTS) is 1. The molecule has 2 unspecified atom stereocenters. The number of carboxylic acids is 1. The Kier molecular flexibility index (Phi) is 4.42. The van der Waals surface area contributed by atoms with Crippen molar-refractivity contribution in [1.82, 2.24) is 0 Å². The predicted molar refractivity (Wildman–Crippen MR) is 71.7 cm³/mol. The van der Waals surface area contributed by atoms with Crippen LogP contribution in [0.2, 0.25) is 0 Å². The molecule has 1 fully saturated rings. The lowest BCUT2D eigenvalue weighted by Gasteiger charge is -2.27. The number of hydrogen-bond donors (Lipinski definition) is 1. The van der Waals surface area contributed by atoms with E-state index in [1.807, 2.05) is 18.2 Å². The van der Waals surface area contributed by atoms with Crippen molar-refractivity contribution in [1.29, 1.82) is 0 Å². The third-order valence-electron chi connectivity index (χ3n) is 3.29. The van der Waals surface area contributed by atoms with Gasteiger partial charge in [0.25, 0.3) is 0 Å². The van der Waals surface area contributed by atoms with E-state index in [-0.39, 0.29) is 16.3 Å². The van der Waals surface area contributed by atoms with Crippen molar-refractivity contribution in [2.75, 3.05) is 0 Å². The van der Waals surface area contributed by atoms with E-state index in [0.717, 1.165) is 19.3 Å². The molecule has 3 nitrogen and oxygen atoms in total. The van der Waals surface area contributed by atoms with Crippen LogP contribution in [0, 0.1) is 5.92 Å². The quantitative estimate of drug-likeness (QED) is 0.910. The van der Waals surface area contributed by atoms with Crippen LogP contribution in [-0.4, -0.2) is 21.4 Å². The lowest BCUT2D eigenvalue weighted by molar-refractivity contribution is -0.142.